The molecule has 0 N–H and O–H groups in total. The number of benzene rings is 2. The molecule has 0 fully saturated rings. The van der Waals surface area contributed by atoms with Crippen LogP contribution >= 0.6 is 0 Å². The third-order valence-electron chi connectivity index (χ3n) is 4.49. The monoisotopic (exact) mass is 431 g/mol. The van der Waals surface area contributed by atoms with Crippen LogP contribution in [-0.4, -0.2) is 17.8 Å². The summed E-state index contributed by atoms with van der Waals surface area (Å²) in [7, 11) is 0. The van der Waals surface area contributed by atoms with Gasteiger partial charge >= 0.3 is 58.0 Å². The third-order valence-corrected chi connectivity index (χ3v) is 4.49. The number of hydrogen-bond acceptors (Lipinski definition) is 2. The molecule has 1 aromatic heterocycles. The molecule has 0 aliphatic rings. The second-order valence-corrected chi connectivity index (χ2v) is 6.89. The van der Waals surface area contributed by atoms with Crippen LogP contribution in [0.1, 0.15) is 39.0 Å². The van der Waals surface area contributed by atoms with Gasteiger partial charge in [-0.05, 0) is 48.2 Å². The number of aromatic nitrogens is 1. The Balaban J connectivity index is 0.00000136. The predicted molar refractivity (Wildman–Crippen MR) is 104 cm³/mol. The fraction of sp³-hybridized carbons (Fsp3) is 0.364. The zero-order chi connectivity index (χ0) is 21.1. The van der Waals surface area contributed by atoms with Crippen LogP contribution < -0.4 is 56.5 Å². The van der Waals surface area contributed by atoms with E-state index in [9.17, 15) is 18.3 Å². The molecule has 152 valence electrons. The molecule has 7 heteroatoms. The number of nitrogens with zero attached hydrogens (tertiary/aromatic N) is 1. The van der Waals surface area contributed by atoms with Crippen molar-refractivity contribution < 1.29 is 74.4 Å². The molecule has 1 heterocycles. The molecule has 0 unspecified atom stereocenters. The van der Waals surface area contributed by atoms with E-state index in [1.165, 1.54) is 18.2 Å². The molecule has 0 aliphatic carbocycles. The van der Waals surface area contributed by atoms with Crippen molar-refractivity contribution in [3.8, 4) is 11.4 Å². The van der Waals surface area contributed by atoms with E-state index in [0.29, 0.717) is 27.8 Å². The van der Waals surface area contributed by atoms with Crippen molar-refractivity contribution in [3.05, 3.63) is 59.5 Å². The molecule has 0 aliphatic heterocycles. The molecule has 3 rings (SSSR count). The maximum atomic E-state index is 13.4. The molecule has 3 nitrogen and oxygen atoms in total. The van der Waals surface area contributed by atoms with Crippen molar-refractivity contribution in [2.45, 2.75) is 46.6 Å². The van der Waals surface area contributed by atoms with E-state index in [4.69, 9.17) is 0 Å². The Morgan fingerprint density at radius 2 is 1.66 bits per heavy atom. The number of rotatable bonds is 5. The average molecular weight is 432 g/mol. The van der Waals surface area contributed by atoms with Crippen molar-refractivity contribution in [2.75, 3.05) is 6.61 Å². The Labute approximate surface area is 212 Å². The number of fused-ring (bicyclic) bond motifs is 1. The van der Waals surface area contributed by atoms with Gasteiger partial charge in [0.1, 0.15) is 5.82 Å². The van der Waals surface area contributed by atoms with Crippen molar-refractivity contribution >= 4 is 10.9 Å². The van der Waals surface area contributed by atoms with Gasteiger partial charge in [-0.3, -0.25) is 0 Å². The topological polar surface area (TPSA) is 37.2 Å². The fourth-order valence-electron chi connectivity index (χ4n) is 3.50. The van der Waals surface area contributed by atoms with Crippen LogP contribution in [0.2, 0.25) is 0 Å². The summed E-state index contributed by atoms with van der Waals surface area (Å²) in [5, 5.41) is 12.9. The van der Waals surface area contributed by atoms with E-state index >= 15 is 0 Å². The molecule has 0 saturated heterocycles. The predicted octanol–water partition coefficient (Wildman–Crippen LogP) is 2.70. The van der Waals surface area contributed by atoms with Crippen LogP contribution in [0.5, 0.6) is 5.75 Å². The zero-order valence-electron chi connectivity index (χ0n) is 17.7. The van der Waals surface area contributed by atoms with E-state index in [1.54, 1.807) is 45.0 Å². The minimum absolute atomic E-state index is 0. The second-order valence-electron chi connectivity index (χ2n) is 6.89. The summed E-state index contributed by atoms with van der Waals surface area (Å²) in [5.41, 5.74) is 1.89. The zero-order valence-corrected chi connectivity index (χ0v) is 20.8. The van der Waals surface area contributed by atoms with E-state index in [1.807, 2.05) is 18.4 Å². The Hall–Kier alpha value is -0.834. The van der Waals surface area contributed by atoms with Crippen molar-refractivity contribution in [3.63, 3.8) is 0 Å². The third kappa shape index (κ3) is 5.65. The first-order valence-corrected chi connectivity index (χ1v) is 9.19. The average Bonchev–Trinajstić information content (AvgIpc) is 2.97. The van der Waals surface area contributed by atoms with Gasteiger partial charge in [0.15, 0.2) is 0 Å². The first-order valence-electron chi connectivity index (χ1n) is 9.19. The molecule has 0 spiro atoms. The van der Waals surface area contributed by atoms with Crippen LogP contribution in [0.15, 0.2) is 42.5 Å². The van der Waals surface area contributed by atoms with E-state index in [-0.39, 0.29) is 69.6 Å². The molecule has 0 atom stereocenters. The standard InChI is InChI=1S/C20H20F3NO2.C2H6.K/c1-12-17-15(5-4-6-16(17)25)24(14-9-7-13(21)8-10-14)18(12)20(2,3)11-26-19(22)23;1-2;/h4-10,19,25H,11H2,1-3H3;1-2H3;/q;;+1/p-1. The van der Waals surface area contributed by atoms with Crippen LogP contribution in [0, 0.1) is 12.7 Å². The van der Waals surface area contributed by atoms with Gasteiger partial charge in [0, 0.05) is 16.8 Å². The first kappa shape index (κ1) is 26.2. The van der Waals surface area contributed by atoms with Crippen LogP contribution in [0.25, 0.3) is 16.6 Å². The van der Waals surface area contributed by atoms with Crippen molar-refractivity contribution in [1.29, 1.82) is 0 Å². The van der Waals surface area contributed by atoms with Gasteiger partial charge in [-0.2, -0.15) is 8.78 Å². The van der Waals surface area contributed by atoms with Crippen LogP contribution in [-0.2, 0) is 10.2 Å². The Morgan fingerprint density at radius 3 is 2.21 bits per heavy atom. The van der Waals surface area contributed by atoms with Gasteiger partial charge in [0.2, 0.25) is 0 Å². The molecule has 0 bridgehead atoms. The van der Waals surface area contributed by atoms with E-state index in [0.717, 1.165) is 0 Å². The maximum absolute atomic E-state index is 13.4. The molecule has 0 radical (unpaired) electrons. The minimum Gasteiger partial charge on any atom is -0.872 e. The second kappa shape index (κ2) is 11.0. The molecular weight excluding hydrogens is 406 g/mol. The number of alkyl halides is 2. The van der Waals surface area contributed by atoms with Gasteiger partial charge < -0.3 is 14.4 Å². The van der Waals surface area contributed by atoms with Crippen LogP contribution in [0.3, 0.4) is 0 Å². The largest absolute Gasteiger partial charge is 1.00 e. The van der Waals surface area contributed by atoms with Gasteiger partial charge in [-0.15, -0.1) is 0 Å². The molecule has 3 aromatic rings. The van der Waals surface area contributed by atoms with Gasteiger partial charge in [0.25, 0.3) is 0 Å². The summed E-state index contributed by atoms with van der Waals surface area (Å²) in [6.45, 7) is 6.25. The summed E-state index contributed by atoms with van der Waals surface area (Å²) < 4.78 is 44.9. The fourth-order valence-corrected chi connectivity index (χ4v) is 3.50. The molecule has 0 amide bonds. The van der Waals surface area contributed by atoms with Gasteiger partial charge in [0.05, 0.1) is 12.1 Å². The van der Waals surface area contributed by atoms with E-state index < -0.39 is 12.0 Å². The summed E-state index contributed by atoms with van der Waals surface area (Å²) in [5.74, 6) is -0.527. The number of aryl methyl sites for hydroxylation is 1. The van der Waals surface area contributed by atoms with Crippen molar-refractivity contribution in [2.24, 2.45) is 0 Å². The van der Waals surface area contributed by atoms with Crippen LogP contribution in [0.4, 0.5) is 13.2 Å². The quantitative estimate of drug-likeness (QED) is 0.583. The first-order chi connectivity index (χ1) is 13.2. The summed E-state index contributed by atoms with van der Waals surface area (Å²) in [4.78, 5) is 0. The summed E-state index contributed by atoms with van der Waals surface area (Å²) in [6.07, 6.45) is 0. The molecule has 29 heavy (non-hydrogen) atoms. The van der Waals surface area contributed by atoms with Gasteiger partial charge in [-0.25, -0.2) is 4.39 Å². The summed E-state index contributed by atoms with van der Waals surface area (Å²) in [6, 6.07) is 10.8. The SMILES string of the molecule is CC.Cc1c(C(C)(C)COC(F)F)n(-c2ccc(F)cc2)c2cccc([O-])c12.[K+]. The van der Waals surface area contributed by atoms with Gasteiger partial charge in [-0.1, -0.05) is 45.6 Å². The Bertz CT molecular complexity index is 937. The normalized spacial score (nSPS) is 11.2. The number of halogens is 3. The maximum Gasteiger partial charge on any atom is 1.00 e. The number of hydrogen-bond donors (Lipinski definition) is 0. The van der Waals surface area contributed by atoms with E-state index in [2.05, 4.69) is 4.74 Å². The number of ether oxygens (including phenoxy) is 1. The summed E-state index contributed by atoms with van der Waals surface area (Å²) >= 11 is 0. The molecular formula is C22H25F3KNO2. The molecule has 2 aromatic carbocycles. The Morgan fingerprint density at radius 1 is 1.07 bits per heavy atom. The minimum atomic E-state index is -2.88. The Kier molecular flexibility index (Phi) is 9.92. The van der Waals surface area contributed by atoms with Crippen molar-refractivity contribution in [1.82, 2.24) is 4.57 Å². The smallest absolute Gasteiger partial charge is 0.872 e. The molecule has 0 saturated carbocycles.